The van der Waals surface area contributed by atoms with Gasteiger partial charge in [-0.2, -0.15) is 0 Å². The Bertz CT molecular complexity index is 1860. The van der Waals surface area contributed by atoms with Crippen LogP contribution in [0.2, 0.25) is 10.0 Å². The first-order valence-electron chi connectivity index (χ1n) is 13.6. The highest BCUT2D eigenvalue weighted by Crippen LogP contribution is 2.31. The number of allylic oxidation sites excluding steroid dienone is 1. The maximum absolute atomic E-state index is 13.9. The molecule has 1 aromatic heterocycles. The molecular weight excluding hydrogens is 591 g/mol. The third-order valence-corrected chi connectivity index (χ3v) is 8.57. The van der Waals surface area contributed by atoms with E-state index >= 15 is 0 Å². The van der Waals surface area contributed by atoms with Crippen LogP contribution in [0.4, 0.5) is 0 Å². The van der Waals surface area contributed by atoms with E-state index in [1.807, 2.05) is 60.7 Å². The quantitative estimate of drug-likeness (QED) is 0.203. The Morgan fingerprint density at radius 3 is 2.55 bits per heavy atom. The van der Waals surface area contributed by atoms with Gasteiger partial charge in [0.2, 0.25) is 0 Å². The second kappa shape index (κ2) is 12.7. The standard InChI is InChI=1S/C33H30Cl2N2O4S/c1-5-40-32(39)29-20(4)36-33-37(30(29)23-11-9-22(10-12-23)19(2)3)31(38)28(42-33)16-21-7-6-8-26(15-21)41-18-24-13-14-25(34)17-27(24)35/h6-17,19,30H,5,18H2,1-4H3/b28-16-/t30-/m0/s1. The van der Waals surface area contributed by atoms with Gasteiger partial charge in [-0.15, -0.1) is 0 Å². The van der Waals surface area contributed by atoms with Crippen molar-refractivity contribution in [3.8, 4) is 5.75 Å². The van der Waals surface area contributed by atoms with E-state index in [4.69, 9.17) is 32.7 Å². The van der Waals surface area contributed by atoms with E-state index in [9.17, 15) is 9.59 Å². The Kier molecular flexibility index (Phi) is 9.02. The number of hydrogen-bond acceptors (Lipinski definition) is 6. The number of aromatic nitrogens is 1. The molecule has 4 aromatic rings. The number of halogens is 2. The highest BCUT2D eigenvalue weighted by molar-refractivity contribution is 7.07. The Morgan fingerprint density at radius 1 is 1.10 bits per heavy atom. The lowest BCUT2D eigenvalue weighted by molar-refractivity contribution is -0.139. The van der Waals surface area contributed by atoms with E-state index in [2.05, 4.69) is 18.8 Å². The molecule has 0 bridgehead atoms. The zero-order valence-corrected chi connectivity index (χ0v) is 26.0. The molecule has 3 aromatic carbocycles. The van der Waals surface area contributed by atoms with Gasteiger partial charge in [-0.05, 0) is 66.8 Å². The van der Waals surface area contributed by atoms with Gasteiger partial charge in [0.1, 0.15) is 12.4 Å². The van der Waals surface area contributed by atoms with Crippen molar-refractivity contribution in [3.63, 3.8) is 0 Å². The third kappa shape index (κ3) is 6.24. The van der Waals surface area contributed by atoms with Crippen molar-refractivity contribution in [1.29, 1.82) is 0 Å². The molecule has 2 heterocycles. The van der Waals surface area contributed by atoms with Crippen LogP contribution in [0.5, 0.6) is 5.75 Å². The van der Waals surface area contributed by atoms with Crippen LogP contribution in [-0.2, 0) is 16.1 Å². The highest BCUT2D eigenvalue weighted by atomic mass is 35.5. The topological polar surface area (TPSA) is 69.9 Å². The van der Waals surface area contributed by atoms with E-state index in [1.54, 1.807) is 30.5 Å². The van der Waals surface area contributed by atoms with Crippen LogP contribution in [0.15, 0.2) is 87.8 Å². The molecule has 42 heavy (non-hydrogen) atoms. The van der Waals surface area contributed by atoms with Gasteiger partial charge in [-0.1, -0.05) is 90.9 Å². The summed E-state index contributed by atoms with van der Waals surface area (Å²) in [5, 5.41) is 1.09. The molecule has 216 valence electrons. The number of hydrogen-bond donors (Lipinski definition) is 0. The lowest BCUT2D eigenvalue weighted by atomic mass is 9.93. The van der Waals surface area contributed by atoms with E-state index in [-0.39, 0.29) is 18.8 Å². The lowest BCUT2D eigenvalue weighted by Crippen LogP contribution is -2.39. The first-order chi connectivity index (χ1) is 20.2. The largest absolute Gasteiger partial charge is 0.489 e. The second-order valence-corrected chi connectivity index (χ2v) is 12.1. The molecule has 1 aliphatic heterocycles. The van der Waals surface area contributed by atoms with Gasteiger partial charge in [-0.3, -0.25) is 9.36 Å². The van der Waals surface area contributed by atoms with Crippen LogP contribution in [-0.4, -0.2) is 17.1 Å². The van der Waals surface area contributed by atoms with Crippen LogP contribution in [0.1, 0.15) is 61.9 Å². The summed E-state index contributed by atoms with van der Waals surface area (Å²) in [7, 11) is 0. The maximum atomic E-state index is 13.9. The van der Waals surface area contributed by atoms with Gasteiger partial charge in [0, 0.05) is 15.6 Å². The average molecular weight is 622 g/mol. The minimum absolute atomic E-state index is 0.224. The number of nitrogens with zero attached hydrogens (tertiary/aromatic N) is 2. The Morgan fingerprint density at radius 2 is 1.86 bits per heavy atom. The van der Waals surface area contributed by atoms with Gasteiger partial charge in [-0.25, -0.2) is 9.79 Å². The minimum atomic E-state index is -0.651. The van der Waals surface area contributed by atoms with Crippen molar-refractivity contribution in [1.82, 2.24) is 4.57 Å². The van der Waals surface area contributed by atoms with Crippen molar-refractivity contribution in [2.75, 3.05) is 6.61 Å². The normalized spacial score (nSPS) is 15.0. The predicted molar refractivity (Wildman–Crippen MR) is 168 cm³/mol. The fraction of sp³-hybridized carbons (Fsp3) is 0.242. The number of fused-ring (bicyclic) bond motifs is 1. The SMILES string of the molecule is CCOC(=O)C1=C(C)N=c2s/c(=C\c3cccc(OCc4ccc(Cl)cc4Cl)c3)c(=O)n2[C@H]1c1ccc(C(C)C)cc1. The fourth-order valence-corrected chi connectivity index (χ4v) is 6.33. The van der Waals surface area contributed by atoms with E-state index in [0.29, 0.717) is 42.3 Å². The molecule has 1 aliphatic rings. The molecule has 0 radical (unpaired) electrons. The Labute approximate surface area is 258 Å². The zero-order valence-electron chi connectivity index (χ0n) is 23.7. The molecule has 0 aliphatic carbocycles. The van der Waals surface area contributed by atoms with Crippen LogP contribution < -0.4 is 19.6 Å². The lowest BCUT2D eigenvalue weighted by Gasteiger charge is -2.25. The molecule has 6 nitrogen and oxygen atoms in total. The molecule has 0 spiro atoms. The average Bonchev–Trinajstić information content (AvgIpc) is 3.26. The Hall–Kier alpha value is -3.65. The number of ether oxygens (including phenoxy) is 2. The second-order valence-electron chi connectivity index (χ2n) is 10.2. The van der Waals surface area contributed by atoms with Gasteiger partial charge >= 0.3 is 5.97 Å². The molecule has 0 saturated carbocycles. The minimum Gasteiger partial charge on any atom is -0.489 e. The number of carbonyl (C=O) groups excluding carboxylic acids is 1. The van der Waals surface area contributed by atoms with Crippen LogP contribution in [0, 0.1) is 0 Å². The summed E-state index contributed by atoms with van der Waals surface area (Å²) in [6.07, 6.45) is 1.81. The summed E-state index contributed by atoms with van der Waals surface area (Å²) in [5.41, 5.74) is 4.27. The molecule has 0 saturated heterocycles. The summed E-state index contributed by atoms with van der Waals surface area (Å²) >= 11 is 13.6. The van der Waals surface area contributed by atoms with Crippen molar-refractivity contribution < 1.29 is 14.3 Å². The summed E-state index contributed by atoms with van der Waals surface area (Å²) in [6.45, 7) is 8.29. The van der Waals surface area contributed by atoms with Crippen LogP contribution in [0.3, 0.4) is 0 Å². The molecule has 1 atom stereocenters. The summed E-state index contributed by atoms with van der Waals surface area (Å²) < 4.78 is 13.5. The fourth-order valence-electron chi connectivity index (χ4n) is 4.82. The van der Waals surface area contributed by atoms with Crippen molar-refractivity contribution in [2.24, 2.45) is 4.99 Å². The van der Waals surface area contributed by atoms with E-state index in [1.165, 1.54) is 16.9 Å². The predicted octanol–water partition coefficient (Wildman–Crippen LogP) is 6.81. The number of esters is 1. The molecule has 0 fully saturated rings. The summed E-state index contributed by atoms with van der Waals surface area (Å²) in [5.74, 6) is 0.508. The van der Waals surface area contributed by atoms with Crippen molar-refractivity contribution in [2.45, 2.75) is 46.3 Å². The maximum Gasteiger partial charge on any atom is 0.338 e. The number of rotatable bonds is 8. The number of carbonyl (C=O) groups is 1. The summed E-state index contributed by atoms with van der Waals surface area (Å²) in [4.78, 5) is 32.2. The van der Waals surface area contributed by atoms with Crippen LogP contribution in [0.25, 0.3) is 6.08 Å². The number of benzene rings is 3. The number of thiazole rings is 1. The van der Waals surface area contributed by atoms with Crippen molar-refractivity contribution in [3.05, 3.63) is 130 Å². The van der Waals surface area contributed by atoms with Crippen molar-refractivity contribution >= 4 is 46.6 Å². The van der Waals surface area contributed by atoms with E-state index < -0.39 is 12.0 Å². The van der Waals surface area contributed by atoms with Gasteiger partial charge in [0.25, 0.3) is 5.56 Å². The van der Waals surface area contributed by atoms with E-state index in [0.717, 1.165) is 16.7 Å². The van der Waals surface area contributed by atoms with Gasteiger partial charge in [0.15, 0.2) is 4.80 Å². The monoisotopic (exact) mass is 620 g/mol. The smallest absolute Gasteiger partial charge is 0.338 e. The van der Waals surface area contributed by atoms with Gasteiger partial charge < -0.3 is 9.47 Å². The third-order valence-electron chi connectivity index (χ3n) is 7.00. The summed E-state index contributed by atoms with van der Waals surface area (Å²) in [6, 6.07) is 20.1. The molecule has 0 N–H and O–H groups in total. The molecule has 9 heteroatoms. The first-order valence-corrected chi connectivity index (χ1v) is 15.2. The molecule has 5 rings (SSSR count). The Balaban J connectivity index is 1.53. The van der Waals surface area contributed by atoms with Gasteiger partial charge in [0.05, 0.1) is 28.5 Å². The highest BCUT2D eigenvalue weighted by Gasteiger charge is 2.33. The molecule has 0 amide bonds. The first kappa shape index (κ1) is 29.8. The molecular formula is C33H30Cl2N2O4S. The van der Waals surface area contributed by atoms with Crippen LogP contribution >= 0.6 is 34.5 Å². The zero-order chi connectivity index (χ0) is 30.0. The molecule has 0 unspecified atom stereocenters.